The molecule has 0 unspecified atom stereocenters. The Kier molecular flexibility index (Phi) is 4.17. The van der Waals surface area contributed by atoms with E-state index in [1.807, 2.05) is 26.8 Å². The molecule has 1 aliphatic carbocycles. The molecule has 1 saturated heterocycles. The van der Waals surface area contributed by atoms with E-state index in [-0.39, 0.29) is 17.7 Å². The molecular weight excluding hydrogens is 294 g/mol. The van der Waals surface area contributed by atoms with E-state index in [1.54, 1.807) is 15.6 Å². The van der Waals surface area contributed by atoms with E-state index in [0.717, 1.165) is 18.5 Å². The number of carbonyl (C=O) groups excluding carboxylic acids is 1. The second kappa shape index (κ2) is 5.98. The molecule has 2 fully saturated rings. The minimum absolute atomic E-state index is 0.0508. The van der Waals surface area contributed by atoms with Gasteiger partial charge in [0.25, 0.3) is 5.56 Å². The van der Waals surface area contributed by atoms with Crippen LogP contribution < -0.4 is 5.56 Å². The molecule has 23 heavy (non-hydrogen) atoms. The lowest BCUT2D eigenvalue weighted by Crippen LogP contribution is -2.43. The van der Waals surface area contributed by atoms with E-state index in [4.69, 9.17) is 4.74 Å². The largest absolute Gasteiger partial charge is 0.444 e. The van der Waals surface area contributed by atoms with Gasteiger partial charge in [-0.15, -0.1) is 0 Å². The summed E-state index contributed by atoms with van der Waals surface area (Å²) in [6, 6.07) is 3.55. The zero-order chi connectivity index (χ0) is 16.6. The molecule has 0 atom stereocenters. The normalized spacial score (nSPS) is 19.7. The molecule has 1 aromatic rings. The molecule has 3 rings (SSSR count). The second-order valence-electron chi connectivity index (χ2n) is 7.51. The second-order valence-corrected chi connectivity index (χ2v) is 7.51. The number of hydrogen-bond donors (Lipinski definition) is 0. The van der Waals surface area contributed by atoms with Gasteiger partial charge in [0.2, 0.25) is 0 Å². The predicted octanol–water partition coefficient (Wildman–Crippen LogP) is 2.69. The molecule has 1 aromatic heterocycles. The maximum Gasteiger partial charge on any atom is 0.410 e. The Labute approximate surface area is 136 Å². The van der Waals surface area contributed by atoms with Crippen LogP contribution in [0.3, 0.4) is 0 Å². The van der Waals surface area contributed by atoms with Crippen LogP contribution in [0.15, 0.2) is 16.9 Å². The van der Waals surface area contributed by atoms with Gasteiger partial charge in [0.1, 0.15) is 5.60 Å². The Hall–Kier alpha value is -1.85. The highest BCUT2D eigenvalue weighted by atomic mass is 16.6. The van der Waals surface area contributed by atoms with E-state index in [9.17, 15) is 9.59 Å². The van der Waals surface area contributed by atoms with Crippen molar-refractivity contribution in [1.82, 2.24) is 14.7 Å². The summed E-state index contributed by atoms with van der Waals surface area (Å²) in [7, 11) is 0. The highest BCUT2D eigenvalue weighted by Gasteiger charge is 2.30. The number of rotatable bonds is 2. The first-order valence-corrected chi connectivity index (χ1v) is 8.41. The zero-order valence-corrected chi connectivity index (χ0v) is 14.1. The molecule has 0 aromatic carbocycles. The Morgan fingerprint density at radius 3 is 2.39 bits per heavy atom. The van der Waals surface area contributed by atoms with E-state index in [1.165, 1.54) is 12.8 Å². The van der Waals surface area contributed by atoms with E-state index >= 15 is 0 Å². The first-order valence-electron chi connectivity index (χ1n) is 8.41. The van der Waals surface area contributed by atoms with Crippen molar-refractivity contribution in [1.29, 1.82) is 0 Å². The smallest absolute Gasteiger partial charge is 0.410 e. The van der Waals surface area contributed by atoms with Gasteiger partial charge in [-0.25, -0.2) is 9.48 Å². The fourth-order valence-corrected chi connectivity index (χ4v) is 2.92. The molecule has 0 spiro atoms. The maximum atomic E-state index is 12.1. The van der Waals surface area contributed by atoms with Gasteiger partial charge in [0.15, 0.2) is 0 Å². The van der Waals surface area contributed by atoms with Crippen molar-refractivity contribution >= 4 is 6.09 Å². The lowest BCUT2D eigenvalue weighted by molar-refractivity contribution is 0.0183. The number of amides is 1. The minimum atomic E-state index is -0.481. The van der Waals surface area contributed by atoms with E-state index in [2.05, 4.69) is 5.10 Å². The third kappa shape index (κ3) is 3.92. The quantitative estimate of drug-likeness (QED) is 0.840. The lowest BCUT2D eigenvalue weighted by atomic mass is 10.1. The summed E-state index contributed by atoms with van der Waals surface area (Å²) in [6.45, 7) is 6.79. The van der Waals surface area contributed by atoms with Crippen molar-refractivity contribution in [2.45, 2.75) is 64.0 Å². The molecule has 6 nitrogen and oxygen atoms in total. The molecule has 126 valence electrons. The van der Waals surface area contributed by atoms with Crippen molar-refractivity contribution in [3.63, 3.8) is 0 Å². The van der Waals surface area contributed by atoms with E-state index in [0.29, 0.717) is 19.0 Å². The first-order chi connectivity index (χ1) is 10.8. The summed E-state index contributed by atoms with van der Waals surface area (Å²) in [5.41, 5.74) is 0.495. The molecule has 1 saturated carbocycles. The summed E-state index contributed by atoms with van der Waals surface area (Å²) in [6.07, 6.45) is 3.54. The van der Waals surface area contributed by atoms with Crippen LogP contribution in [-0.4, -0.2) is 39.5 Å². The molecule has 2 heterocycles. The molecule has 6 heteroatoms. The average molecular weight is 319 g/mol. The van der Waals surface area contributed by atoms with Crippen LogP contribution in [0, 0.1) is 0 Å². The standard InChI is InChI=1S/C17H25N3O3/c1-17(2,3)23-16(22)19-10-8-13(9-11-19)20-15(21)7-6-14(18-20)12-4-5-12/h6-7,12-13H,4-5,8-11H2,1-3H3. The van der Waals surface area contributed by atoms with Crippen molar-refractivity contribution in [3.8, 4) is 0 Å². The van der Waals surface area contributed by atoms with Crippen molar-refractivity contribution in [2.24, 2.45) is 0 Å². The summed E-state index contributed by atoms with van der Waals surface area (Å²) in [5.74, 6) is 0.531. The van der Waals surface area contributed by atoms with Crippen LogP contribution in [0.5, 0.6) is 0 Å². The summed E-state index contributed by atoms with van der Waals surface area (Å²) in [5, 5.41) is 4.56. The van der Waals surface area contributed by atoms with Crippen molar-refractivity contribution in [2.75, 3.05) is 13.1 Å². The molecular formula is C17H25N3O3. The predicted molar refractivity (Wildman–Crippen MR) is 86.6 cm³/mol. The summed E-state index contributed by atoms with van der Waals surface area (Å²) in [4.78, 5) is 25.9. The first kappa shape index (κ1) is 16.0. The third-order valence-corrected chi connectivity index (χ3v) is 4.30. The monoisotopic (exact) mass is 319 g/mol. The van der Waals surface area contributed by atoms with Crippen molar-refractivity contribution in [3.05, 3.63) is 28.2 Å². The summed E-state index contributed by atoms with van der Waals surface area (Å²) >= 11 is 0. The Bertz CT molecular complexity index is 635. The van der Waals surface area contributed by atoms with Gasteiger partial charge in [-0.2, -0.15) is 5.10 Å². The zero-order valence-electron chi connectivity index (χ0n) is 14.1. The average Bonchev–Trinajstić information content (AvgIpc) is 3.31. The maximum absolute atomic E-state index is 12.1. The summed E-state index contributed by atoms with van der Waals surface area (Å²) < 4.78 is 7.03. The van der Waals surface area contributed by atoms with Gasteiger partial charge in [-0.1, -0.05) is 0 Å². The number of nitrogens with zero attached hydrogens (tertiary/aromatic N) is 3. The van der Waals surface area contributed by atoms with Gasteiger partial charge in [0, 0.05) is 25.1 Å². The number of likely N-dealkylation sites (tertiary alicyclic amines) is 1. The van der Waals surface area contributed by atoms with Gasteiger partial charge in [-0.05, 0) is 52.5 Å². The van der Waals surface area contributed by atoms with Gasteiger partial charge >= 0.3 is 6.09 Å². The fraction of sp³-hybridized carbons (Fsp3) is 0.706. The minimum Gasteiger partial charge on any atom is -0.444 e. The SMILES string of the molecule is CC(C)(C)OC(=O)N1CCC(n2nc(C3CC3)ccc2=O)CC1. The van der Waals surface area contributed by atoms with Crippen LogP contribution in [0.1, 0.15) is 64.1 Å². The van der Waals surface area contributed by atoms with Gasteiger partial charge in [-0.3, -0.25) is 4.79 Å². The number of aromatic nitrogens is 2. The molecule has 0 bridgehead atoms. The highest BCUT2D eigenvalue weighted by Crippen LogP contribution is 2.38. The van der Waals surface area contributed by atoms with Crippen LogP contribution in [0.2, 0.25) is 0 Å². The van der Waals surface area contributed by atoms with Crippen LogP contribution in [-0.2, 0) is 4.74 Å². The highest BCUT2D eigenvalue weighted by molar-refractivity contribution is 5.68. The molecule has 1 amide bonds. The van der Waals surface area contributed by atoms with Crippen LogP contribution >= 0.6 is 0 Å². The fourth-order valence-electron chi connectivity index (χ4n) is 2.92. The lowest BCUT2D eigenvalue weighted by Gasteiger charge is -2.33. The van der Waals surface area contributed by atoms with Crippen molar-refractivity contribution < 1.29 is 9.53 Å². The van der Waals surface area contributed by atoms with Gasteiger partial charge < -0.3 is 9.64 Å². The molecule has 1 aliphatic heterocycles. The number of piperidine rings is 1. The van der Waals surface area contributed by atoms with Gasteiger partial charge in [0.05, 0.1) is 11.7 Å². The Morgan fingerprint density at radius 2 is 1.83 bits per heavy atom. The Morgan fingerprint density at radius 1 is 1.17 bits per heavy atom. The van der Waals surface area contributed by atoms with Crippen LogP contribution in [0.25, 0.3) is 0 Å². The molecule has 0 N–H and O–H groups in total. The van der Waals surface area contributed by atoms with E-state index < -0.39 is 5.60 Å². The number of hydrogen-bond acceptors (Lipinski definition) is 4. The number of ether oxygens (including phenoxy) is 1. The third-order valence-electron chi connectivity index (χ3n) is 4.30. The number of carbonyl (C=O) groups is 1. The topological polar surface area (TPSA) is 64.4 Å². The Balaban J connectivity index is 1.64. The molecule has 2 aliphatic rings. The van der Waals surface area contributed by atoms with Crippen LogP contribution in [0.4, 0.5) is 4.79 Å². The molecule has 0 radical (unpaired) electrons.